The number of likely N-dealkylation sites (tertiary alicyclic amines) is 1. The normalized spacial score (nSPS) is 27.0. The number of hydrogen-bond donors (Lipinski definition) is 1. The molecule has 3 rings (SSSR count). The van der Waals surface area contributed by atoms with E-state index in [-0.39, 0.29) is 0 Å². The van der Waals surface area contributed by atoms with Gasteiger partial charge in [-0.3, -0.25) is 9.59 Å². The van der Waals surface area contributed by atoms with Gasteiger partial charge in [0, 0.05) is 13.1 Å². The minimum Gasteiger partial charge on any atom is -0.481 e. The van der Waals surface area contributed by atoms with Gasteiger partial charge in [0.15, 0.2) is 6.10 Å². The number of alkyl halides is 3. The van der Waals surface area contributed by atoms with Gasteiger partial charge in [0.05, 0.1) is 18.4 Å². The summed E-state index contributed by atoms with van der Waals surface area (Å²) < 4.78 is 44.6. The molecule has 1 amide bonds. The molecule has 3 atom stereocenters. The van der Waals surface area contributed by atoms with Gasteiger partial charge in [-0.05, 0) is 17.5 Å². The lowest BCUT2D eigenvalue weighted by molar-refractivity contribution is -0.188. The van der Waals surface area contributed by atoms with E-state index in [9.17, 15) is 22.8 Å². The van der Waals surface area contributed by atoms with E-state index in [1.807, 2.05) is 12.1 Å². The van der Waals surface area contributed by atoms with Crippen molar-refractivity contribution in [1.29, 1.82) is 0 Å². The third kappa shape index (κ3) is 2.98. The van der Waals surface area contributed by atoms with Crippen LogP contribution < -0.4 is 0 Å². The number of aliphatic carboxylic acids is 1. The Hall–Kier alpha value is -2.09. The van der Waals surface area contributed by atoms with E-state index >= 15 is 0 Å². The summed E-state index contributed by atoms with van der Waals surface area (Å²) in [4.78, 5) is 24.7. The fourth-order valence-corrected chi connectivity index (χ4v) is 3.33. The summed E-state index contributed by atoms with van der Waals surface area (Å²) in [5, 5.41) is 9.05. The molecule has 0 saturated carbocycles. The van der Waals surface area contributed by atoms with Crippen molar-refractivity contribution in [3.8, 4) is 0 Å². The van der Waals surface area contributed by atoms with E-state index in [0.29, 0.717) is 18.6 Å². The van der Waals surface area contributed by atoms with E-state index in [4.69, 9.17) is 9.84 Å². The molecule has 2 aliphatic heterocycles. The number of carboxylic acid groups (broad SMARTS) is 1. The third-order valence-corrected chi connectivity index (χ3v) is 4.59. The molecular formula is C16H16F3NO4. The predicted molar refractivity (Wildman–Crippen MR) is 76.1 cm³/mol. The van der Waals surface area contributed by atoms with Crippen molar-refractivity contribution in [1.82, 2.24) is 4.90 Å². The standard InChI is InChI=1S/C16H16F3NO4/c17-16(18,19)12-8-20(7-11(12)15(22)23)14(21)13-10-4-2-1-3-9(10)5-6-24-13/h1-4,11-13H,5-8H2,(H,22,23)/t11-,12-,13?/m1/s1. The van der Waals surface area contributed by atoms with E-state index in [1.165, 1.54) is 0 Å². The van der Waals surface area contributed by atoms with Crippen molar-refractivity contribution < 1.29 is 32.6 Å². The first-order valence-electron chi connectivity index (χ1n) is 7.56. The molecule has 1 fully saturated rings. The largest absolute Gasteiger partial charge is 0.481 e. The number of hydrogen-bond acceptors (Lipinski definition) is 3. The number of amides is 1. The summed E-state index contributed by atoms with van der Waals surface area (Å²) in [5.74, 6) is -5.86. The number of ether oxygens (including phenoxy) is 1. The van der Waals surface area contributed by atoms with Crippen LogP contribution in [0.15, 0.2) is 24.3 Å². The highest BCUT2D eigenvalue weighted by Gasteiger charge is 2.54. The molecule has 1 unspecified atom stereocenters. The van der Waals surface area contributed by atoms with Gasteiger partial charge in [0.2, 0.25) is 0 Å². The van der Waals surface area contributed by atoms with Crippen molar-refractivity contribution >= 4 is 11.9 Å². The Kier molecular flexibility index (Phi) is 4.25. The molecule has 1 N–H and O–H groups in total. The van der Waals surface area contributed by atoms with Crippen LogP contribution in [0.25, 0.3) is 0 Å². The van der Waals surface area contributed by atoms with Gasteiger partial charge in [-0.1, -0.05) is 24.3 Å². The lowest BCUT2D eigenvalue weighted by atomic mass is 9.96. The van der Waals surface area contributed by atoms with Crippen LogP contribution in [-0.4, -0.2) is 47.8 Å². The molecule has 24 heavy (non-hydrogen) atoms. The van der Waals surface area contributed by atoms with Gasteiger partial charge in [0.25, 0.3) is 5.91 Å². The predicted octanol–water partition coefficient (Wildman–Crippen LogP) is 2.02. The first-order valence-corrected chi connectivity index (χ1v) is 7.56. The topological polar surface area (TPSA) is 66.8 Å². The van der Waals surface area contributed by atoms with E-state index < -0.39 is 49.1 Å². The monoisotopic (exact) mass is 343 g/mol. The van der Waals surface area contributed by atoms with E-state index in [1.54, 1.807) is 12.1 Å². The van der Waals surface area contributed by atoms with Gasteiger partial charge < -0.3 is 14.7 Å². The smallest absolute Gasteiger partial charge is 0.394 e. The molecule has 1 aromatic rings. The van der Waals surface area contributed by atoms with Crippen LogP contribution in [0.3, 0.4) is 0 Å². The highest BCUT2D eigenvalue weighted by molar-refractivity contribution is 5.84. The van der Waals surface area contributed by atoms with Crippen LogP contribution in [0.1, 0.15) is 17.2 Å². The average molecular weight is 343 g/mol. The lowest BCUT2D eigenvalue weighted by Crippen LogP contribution is -2.37. The fraction of sp³-hybridized carbons (Fsp3) is 0.500. The summed E-state index contributed by atoms with van der Waals surface area (Å²) >= 11 is 0. The van der Waals surface area contributed by atoms with Crippen LogP contribution in [0.4, 0.5) is 13.2 Å². The maximum Gasteiger partial charge on any atom is 0.394 e. The Bertz CT molecular complexity index is 661. The number of fused-ring (bicyclic) bond motifs is 1. The maximum atomic E-state index is 13.1. The number of rotatable bonds is 2. The number of halogens is 3. The summed E-state index contributed by atoms with van der Waals surface area (Å²) in [6.45, 7) is -0.811. The average Bonchev–Trinajstić information content (AvgIpc) is 2.99. The maximum absolute atomic E-state index is 13.1. The summed E-state index contributed by atoms with van der Waals surface area (Å²) in [7, 11) is 0. The zero-order chi connectivity index (χ0) is 17.5. The van der Waals surface area contributed by atoms with Gasteiger partial charge in [-0.15, -0.1) is 0 Å². The summed E-state index contributed by atoms with van der Waals surface area (Å²) in [6, 6.07) is 7.11. The van der Waals surface area contributed by atoms with Crippen molar-refractivity contribution in [3.05, 3.63) is 35.4 Å². The Morgan fingerprint density at radius 2 is 1.92 bits per heavy atom. The second-order valence-corrected chi connectivity index (χ2v) is 6.04. The van der Waals surface area contributed by atoms with Crippen LogP contribution >= 0.6 is 0 Å². The minimum atomic E-state index is -4.66. The Morgan fingerprint density at radius 3 is 2.54 bits per heavy atom. The fourth-order valence-electron chi connectivity index (χ4n) is 3.33. The molecule has 1 saturated heterocycles. The molecule has 0 aromatic heterocycles. The first-order chi connectivity index (χ1) is 11.3. The molecule has 0 spiro atoms. The zero-order valence-corrected chi connectivity index (χ0v) is 12.6. The third-order valence-electron chi connectivity index (χ3n) is 4.59. The number of benzene rings is 1. The van der Waals surface area contributed by atoms with Crippen LogP contribution in [-0.2, 0) is 20.7 Å². The van der Waals surface area contributed by atoms with Crippen LogP contribution in [0.5, 0.6) is 0 Å². The summed E-state index contributed by atoms with van der Waals surface area (Å²) in [5.41, 5.74) is 1.56. The van der Waals surface area contributed by atoms with Crippen molar-refractivity contribution in [2.24, 2.45) is 11.8 Å². The molecule has 0 aliphatic carbocycles. The second-order valence-electron chi connectivity index (χ2n) is 6.04. The quantitative estimate of drug-likeness (QED) is 0.892. The van der Waals surface area contributed by atoms with Gasteiger partial charge >= 0.3 is 12.1 Å². The number of carbonyl (C=O) groups is 2. The molecule has 2 heterocycles. The number of carbonyl (C=O) groups excluding carboxylic acids is 1. The molecule has 5 nitrogen and oxygen atoms in total. The van der Waals surface area contributed by atoms with Gasteiger partial charge in [-0.2, -0.15) is 13.2 Å². The Morgan fingerprint density at radius 1 is 1.21 bits per heavy atom. The van der Waals surface area contributed by atoms with E-state index in [0.717, 1.165) is 10.5 Å². The SMILES string of the molecule is O=C(O)[C@@H]1CN(C(=O)C2OCCc3ccccc32)C[C@H]1C(F)(F)F. The van der Waals surface area contributed by atoms with Gasteiger partial charge in [0.1, 0.15) is 0 Å². The highest BCUT2D eigenvalue weighted by atomic mass is 19.4. The minimum absolute atomic E-state index is 0.298. The highest BCUT2D eigenvalue weighted by Crippen LogP contribution is 2.39. The molecular weight excluding hydrogens is 327 g/mol. The van der Waals surface area contributed by atoms with Crippen LogP contribution in [0.2, 0.25) is 0 Å². The molecule has 0 radical (unpaired) electrons. The Balaban J connectivity index is 1.83. The molecule has 1 aromatic carbocycles. The Labute approximate surface area is 136 Å². The van der Waals surface area contributed by atoms with Gasteiger partial charge in [-0.25, -0.2) is 0 Å². The van der Waals surface area contributed by atoms with Crippen molar-refractivity contribution in [2.75, 3.05) is 19.7 Å². The van der Waals surface area contributed by atoms with Crippen LogP contribution in [0, 0.1) is 11.8 Å². The molecule has 0 bridgehead atoms. The lowest BCUT2D eigenvalue weighted by Gasteiger charge is -2.29. The first kappa shape index (κ1) is 16.8. The summed E-state index contributed by atoms with van der Waals surface area (Å²) in [6.07, 6.45) is -5.01. The van der Waals surface area contributed by atoms with Crippen molar-refractivity contribution in [3.63, 3.8) is 0 Å². The zero-order valence-electron chi connectivity index (χ0n) is 12.6. The van der Waals surface area contributed by atoms with Crippen molar-refractivity contribution in [2.45, 2.75) is 18.7 Å². The molecule has 130 valence electrons. The number of nitrogens with zero attached hydrogens (tertiary/aromatic N) is 1. The molecule has 2 aliphatic rings. The second kappa shape index (κ2) is 6.08. The molecule has 8 heteroatoms. The van der Waals surface area contributed by atoms with E-state index in [2.05, 4.69) is 0 Å². The number of carboxylic acids is 1.